The Kier molecular flexibility index (Phi) is 7.70. The first kappa shape index (κ1) is 26.7. The zero-order valence-corrected chi connectivity index (χ0v) is 22.0. The number of carbonyl (C=O) groups is 1. The van der Waals surface area contributed by atoms with Crippen LogP contribution in [0.1, 0.15) is 11.1 Å². The molecule has 38 heavy (non-hydrogen) atoms. The van der Waals surface area contributed by atoms with Crippen molar-refractivity contribution in [2.45, 2.75) is 23.6 Å². The number of urea groups is 1. The van der Waals surface area contributed by atoms with Crippen molar-refractivity contribution in [2.24, 2.45) is 0 Å². The fraction of sp³-hybridized carbons (Fsp3) is 0.0741. The molecule has 0 fully saturated rings. The molecule has 0 aliphatic heterocycles. The highest BCUT2D eigenvalue weighted by Gasteiger charge is 2.17. The van der Waals surface area contributed by atoms with E-state index >= 15 is 0 Å². The van der Waals surface area contributed by atoms with Gasteiger partial charge in [-0.2, -0.15) is 16.8 Å². The number of hydrogen-bond donors (Lipinski definition) is 2. The highest BCUT2D eigenvalue weighted by Crippen LogP contribution is 2.23. The standard InChI is InChI=1S/C27H24N2O7S2/c1-19-3-15-25(16-4-19)37(31,32)35-23-11-7-21(8-12-23)28-27(30)29-22-9-13-24(14-10-22)36-38(33,34)26-17-5-20(2)6-18-26/h3-18H,1-2H3,(H2,28,29,30). The van der Waals surface area contributed by atoms with E-state index < -0.39 is 26.3 Å². The summed E-state index contributed by atoms with van der Waals surface area (Å²) in [4.78, 5) is 12.4. The maximum atomic E-state index is 12.4. The Hall–Kier alpha value is -4.35. The summed E-state index contributed by atoms with van der Waals surface area (Å²) in [6, 6.07) is 23.6. The van der Waals surface area contributed by atoms with Gasteiger partial charge in [0.25, 0.3) is 0 Å². The summed E-state index contributed by atoms with van der Waals surface area (Å²) in [5, 5.41) is 5.23. The van der Waals surface area contributed by atoms with Gasteiger partial charge in [-0.3, -0.25) is 0 Å². The van der Waals surface area contributed by atoms with E-state index in [2.05, 4.69) is 10.6 Å². The van der Waals surface area contributed by atoms with Crippen LogP contribution in [0.2, 0.25) is 0 Å². The molecule has 11 heteroatoms. The van der Waals surface area contributed by atoms with Crippen LogP contribution in [0.5, 0.6) is 11.5 Å². The van der Waals surface area contributed by atoms with Gasteiger partial charge in [0.1, 0.15) is 21.3 Å². The van der Waals surface area contributed by atoms with Crippen LogP contribution >= 0.6 is 0 Å². The van der Waals surface area contributed by atoms with E-state index in [1.165, 1.54) is 72.8 Å². The number of carbonyl (C=O) groups excluding carboxylic acids is 1. The number of benzene rings is 4. The van der Waals surface area contributed by atoms with E-state index in [0.717, 1.165) is 11.1 Å². The summed E-state index contributed by atoms with van der Waals surface area (Å²) < 4.78 is 60.0. The monoisotopic (exact) mass is 552 g/mol. The second-order valence-electron chi connectivity index (χ2n) is 8.33. The van der Waals surface area contributed by atoms with Gasteiger partial charge in [0.05, 0.1) is 0 Å². The van der Waals surface area contributed by atoms with Gasteiger partial charge in [0.2, 0.25) is 0 Å². The van der Waals surface area contributed by atoms with Gasteiger partial charge in [0, 0.05) is 11.4 Å². The molecule has 0 aliphatic rings. The van der Waals surface area contributed by atoms with Crippen LogP contribution < -0.4 is 19.0 Å². The number of rotatable bonds is 8. The predicted octanol–water partition coefficient (Wildman–Crippen LogP) is 5.48. The molecule has 0 unspecified atom stereocenters. The van der Waals surface area contributed by atoms with E-state index in [0.29, 0.717) is 11.4 Å². The minimum absolute atomic E-state index is 0.0360. The quantitative estimate of drug-likeness (QED) is 0.277. The van der Waals surface area contributed by atoms with Crippen molar-refractivity contribution in [1.82, 2.24) is 0 Å². The molecule has 0 heterocycles. The summed E-state index contributed by atoms with van der Waals surface area (Å²) in [5.41, 5.74) is 2.64. The number of hydrogen-bond acceptors (Lipinski definition) is 7. The van der Waals surface area contributed by atoms with Crippen molar-refractivity contribution in [3.8, 4) is 11.5 Å². The highest BCUT2D eigenvalue weighted by molar-refractivity contribution is 7.87. The van der Waals surface area contributed by atoms with E-state index in [4.69, 9.17) is 8.37 Å². The second kappa shape index (κ2) is 11.0. The number of anilines is 2. The Balaban J connectivity index is 1.32. The van der Waals surface area contributed by atoms with Gasteiger partial charge in [-0.05, 0) is 86.6 Å². The van der Waals surface area contributed by atoms with Crippen molar-refractivity contribution in [3.63, 3.8) is 0 Å². The van der Waals surface area contributed by atoms with E-state index in [9.17, 15) is 21.6 Å². The molecule has 4 rings (SSSR count). The van der Waals surface area contributed by atoms with Gasteiger partial charge in [-0.15, -0.1) is 0 Å². The molecule has 0 spiro atoms. The lowest BCUT2D eigenvalue weighted by atomic mass is 10.2. The van der Waals surface area contributed by atoms with Crippen LogP contribution in [0.4, 0.5) is 16.2 Å². The molecule has 0 saturated heterocycles. The van der Waals surface area contributed by atoms with Crippen LogP contribution in [0.25, 0.3) is 0 Å². The molecule has 0 saturated carbocycles. The van der Waals surface area contributed by atoms with E-state index in [-0.39, 0.29) is 21.3 Å². The zero-order chi connectivity index (χ0) is 27.3. The molecular formula is C27H24N2O7S2. The Morgan fingerprint density at radius 3 is 1.16 bits per heavy atom. The molecule has 0 aromatic heterocycles. The molecule has 0 atom stereocenters. The molecule has 9 nitrogen and oxygen atoms in total. The van der Waals surface area contributed by atoms with Crippen LogP contribution in [-0.2, 0) is 20.2 Å². The molecule has 2 N–H and O–H groups in total. The van der Waals surface area contributed by atoms with Gasteiger partial charge in [-0.25, -0.2) is 4.79 Å². The maximum Gasteiger partial charge on any atom is 0.339 e. The zero-order valence-electron chi connectivity index (χ0n) is 20.4. The SMILES string of the molecule is Cc1ccc(S(=O)(=O)Oc2ccc(NC(=O)Nc3ccc(OS(=O)(=O)c4ccc(C)cc4)cc3)cc2)cc1. The van der Waals surface area contributed by atoms with Gasteiger partial charge >= 0.3 is 26.3 Å². The molecule has 0 bridgehead atoms. The van der Waals surface area contributed by atoms with Gasteiger partial charge in [0.15, 0.2) is 0 Å². The lowest BCUT2D eigenvalue weighted by Crippen LogP contribution is -2.19. The maximum absolute atomic E-state index is 12.4. The van der Waals surface area contributed by atoms with Gasteiger partial charge < -0.3 is 19.0 Å². The first-order valence-corrected chi connectivity index (χ1v) is 14.1. The molecule has 2 amide bonds. The predicted molar refractivity (Wildman–Crippen MR) is 144 cm³/mol. The fourth-order valence-electron chi connectivity index (χ4n) is 3.24. The largest absolute Gasteiger partial charge is 0.379 e. The summed E-state index contributed by atoms with van der Waals surface area (Å²) in [6.07, 6.45) is 0. The molecule has 4 aromatic rings. The third kappa shape index (κ3) is 6.90. The first-order chi connectivity index (χ1) is 18.0. The van der Waals surface area contributed by atoms with Crippen LogP contribution in [0, 0.1) is 13.8 Å². The Morgan fingerprint density at radius 2 is 0.842 bits per heavy atom. The Morgan fingerprint density at radius 1 is 0.526 bits per heavy atom. The first-order valence-electron chi connectivity index (χ1n) is 11.3. The third-order valence-electron chi connectivity index (χ3n) is 5.26. The highest BCUT2D eigenvalue weighted by atomic mass is 32.2. The topological polar surface area (TPSA) is 128 Å². The van der Waals surface area contributed by atoms with Crippen molar-refractivity contribution in [2.75, 3.05) is 10.6 Å². The average Bonchev–Trinajstić information content (AvgIpc) is 2.86. The van der Waals surface area contributed by atoms with E-state index in [1.807, 2.05) is 13.8 Å². The van der Waals surface area contributed by atoms with Crippen LogP contribution in [-0.4, -0.2) is 22.9 Å². The van der Waals surface area contributed by atoms with E-state index in [1.54, 1.807) is 24.3 Å². The average molecular weight is 553 g/mol. The van der Waals surface area contributed by atoms with Crippen molar-refractivity contribution >= 4 is 37.6 Å². The Labute approximate surface area is 221 Å². The summed E-state index contributed by atoms with van der Waals surface area (Å²) >= 11 is 0. The van der Waals surface area contributed by atoms with Crippen LogP contribution in [0.3, 0.4) is 0 Å². The number of amides is 2. The summed E-state index contributed by atoms with van der Waals surface area (Å²) in [6.45, 7) is 3.70. The lowest BCUT2D eigenvalue weighted by Gasteiger charge is -2.11. The fourth-order valence-corrected chi connectivity index (χ4v) is 5.10. The smallest absolute Gasteiger partial charge is 0.339 e. The number of aryl methyl sites for hydroxylation is 2. The molecule has 196 valence electrons. The summed E-state index contributed by atoms with van der Waals surface area (Å²) in [7, 11) is -7.97. The third-order valence-corrected chi connectivity index (χ3v) is 7.78. The summed E-state index contributed by atoms with van der Waals surface area (Å²) in [5.74, 6) is 0.181. The van der Waals surface area contributed by atoms with Crippen LogP contribution in [0.15, 0.2) is 107 Å². The Bertz CT molecular complexity index is 1510. The van der Waals surface area contributed by atoms with Gasteiger partial charge in [-0.1, -0.05) is 35.4 Å². The molecule has 0 radical (unpaired) electrons. The normalized spacial score (nSPS) is 11.4. The minimum Gasteiger partial charge on any atom is -0.379 e. The minimum atomic E-state index is -3.99. The number of nitrogens with one attached hydrogen (secondary N) is 2. The molecular weight excluding hydrogens is 528 g/mol. The van der Waals surface area contributed by atoms with Crippen molar-refractivity contribution < 1.29 is 30.0 Å². The molecule has 4 aromatic carbocycles. The lowest BCUT2D eigenvalue weighted by molar-refractivity contribution is 0.262. The second-order valence-corrected chi connectivity index (χ2v) is 11.4. The van der Waals surface area contributed by atoms with Crippen molar-refractivity contribution in [1.29, 1.82) is 0 Å². The van der Waals surface area contributed by atoms with Crippen molar-refractivity contribution in [3.05, 3.63) is 108 Å². The molecule has 0 aliphatic carbocycles.